The molecule has 9 heteroatoms. The van der Waals surface area contributed by atoms with Crippen molar-refractivity contribution < 1.29 is 24.5 Å². The van der Waals surface area contributed by atoms with Crippen LogP contribution in [0.3, 0.4) is 0 Å². The molecule has 0 saturated heterocycles. The van der Waals surface area contributed by atoms with Crippen LogP contribution < -0.4 is 5.32 Å². The van der Waals surface area contributed by atoms with Crippen LogP contribution in [0.4, 0.5) is 5.69 Å². The molecule has 1 aliphatic heterocycles. The molecular weight excluding hydrogens is 366 g/mol. The number of rotatable bonds is 6. The fourth-order valence-electron chi connectivity index (χ4n) is 3.69. The monoisotopic (exact) mass is 389 g/mol. The third-order valence-corrected chi connectivity index (χ3v) is 5.24. The summed E-state index contributed by atoms with van der Waals surface area (Å²) in [4.78, 5) is 40.0. The van der Waals surface area contributed by atoms with E-state index in [1.54, 1.807) is 0 Å². The fourth-order valence-corrected chi connectivity index (χ4v) is 3.69. The van der Waals surface area contributed by atoms with Gasteiger partial charge in [0.05, 0.1) is 17.1 Å². The Hall–Kier alpha value is -2.97. The zero-order chi connectivity index (χ0) is 20.1. The van der Waals surface area contributed by atoms with Gasteiger partial charge in [-0.1, -0.05) is 30.8 Å². The van der Waals surface area contributed by atoms with Gasteiger partial charge in [0.2, 0.25) is 5.60 Å². The molecule has 1 aliphatic carbocycles. The van der Waals surface area contributed by atoms with Crippen molar-refractivity contribution >= 4 is 23.3 Å². The van der Waals surface area contributed by atoms with E-state index >= 15 is 0 Å². The molecule has 0 spiro atoms. The van der Waals surface area contributed by atoms with Gasteiger partial charge in [0, 0.05) is 24.6 Å². The van der Waals surface area contributed by atoms with Gasteiger partial charge in [0.25, 0.3) is 11.6 Å². The molecule has 2 aliphatic rings. The van der Waals surface area contributed by atoms with Crippen LogP contribution in [-0.4, -0.2) is 39.3 Å². The van der Waals surface area contributed by atoms with E-state index in [4.69, 9.17) is 4.84 Å². The van der Waals surface area contributed by atoms with Crippen molar-refractivity contribution in [1.82, 2.24) is 5.32 Å². The number of non-ortho nitro benzene ring substituents is 1. The van der Waals surface area contributed by atoms with Crippen molar-refractivity contribution in [1.29, 1.82) is 0 Å². The molecule has 9 nitrogen and oxygen atoms in total. The molecule has 1 heterocycles. The van der Waals surface area contributed by atoms with E-state index in [2.05, 4.69) is 10.5 Å². The second-order valence-corrected chi connectivity index (χ2v) is 7.34. The Morgan fingerprint density at radius 3 is 2.43 bits per heavy atom. The minimum absolute atomic E-state index is 0.00430. The fraction of sp³-hybridized carbons (Fsp3) is 0.526. The number of nitro benzene ring substituents is 1. The highest BCUT2D eigenvalue weighted by Gasteiger charge is 2.49. The third kappa shape index (κ3) is 4.47. The summed E-state index contributed by atoms with van der Waals surface area (Å²) in [6.45, 7) is 0. The lowest BCUT2D eigenvalue weighted by molar-refractivity contribution is -0.384. The van der Waals surface area contributed by atoms with Gasteiger partial charge in [-0.05, 0) is 30.5 Å². The largest absolute Gasteiger partial charge is 0.481 e. The van der Waals surface area contributed by atoms with E-state index in [0.29, 0.717) is 11.3 Å². The summed E-state index contributed by atoms with van der Waals surface area (Å²) in [5.74, 6) is -1.63. The van der Waals surface area contributed by atoms with Gasteiger partial charge in [-0.15, -0.1) is 0 Å². The summed E-state index contributed by atoms with van der Waals surface area (Å²) in [7, 11) is 0. The van der Waals surface area contributed by atoms with Crippen LogP contribution >= 0.6 is 0 Å². The first-order chi connectivity index (χ1) is 13.4. The van der Waals surface area contributed by atoms with Crippen molar-refractivity contribution in [3.05, 3.63) is 39.9 Å². The van der Waals surface area contributed by atoms with Gasteiger partial charge in [0.1, 0.15) is 0 Å². The van der Waals surface area contributed by atoms with E-state index < -0.39 is 28.8 Å². The lowest BCUT2D eigenvalue weighted by atomic mass is 9.89. The van der Waals surface area contributed by atoms with Gasteiger partial charge in [0.15, 0.2) is 0 Å². The zero-order valence-corrected chi connectivity index (χ0v) is 15.4. The molecular formula is C19H23N3O6. The number of benzene rings is 1. The van der Waals surface area contributed by atoms with Crippen LogP contribution in [0.25, 0.3) is 0 Å². The number of nitro groups is 1. The number of amides is 1. The SMILES string of the molecule is O=C(O)C[C@@]1(C(=O)NC2CCCCCC2)CC(c2ccc([N+](=O)[O-])cc2)=NO1. The molecule has 150 valence electrons. The summed E-state index contributed by atoms with van der Waals surface area (Å²) < 4.78 is 0. The molecule has 1 aromatic rings. The first-order valence-corrected chi connectivity index (χ1v) is 9.42. The molecule has 2 N–H and O–H groups in total. The van der Waals surface area contributed by atoms with Crippen LogP contribution in [0.15, 0.2) is 29.4 Å². The number of oxime groups is 1. The molecule has 1 aromatic carbocycles. The average Bonchev–Trinajstić information content (AvgIpc) is 2.91. The number of aliphatic carboxylic acids is 1. The topological polar surface area (TPSA) is 131 Å². The number of nitrogens with one attached hydrogen (secondary N) is 1. The molecule has 0 bridgehead atoms. The Kier molecular flexibility index (Phi) is 5.91. The summed E-state index contributed by atoms with van der Waals surface area (Å²) in [5, 5.41) is 27.0. The number of nitrogens with zero attached hydrogens (tertiary/aromatic N) is 2. The van der Waals surface area contributed by atoms with Gasteiger partial charge >= 0.3 is 5.97 Å². The van der Waals surface area contributed by atoms with Gasteiger partial charge in [-0.3, -0.25) is 19.7 Å². The molecule has 1 fully saturated rings. The van der Waals surface area contributed by atoms with Crippen molar-refractivity contribution in [2.75, 3.05) is 0 Å². The van der Waals surface area contributed by atoms with E-state index in [-0.39, 0.29) is 18.2 Å². The molecule has 0 radical (unpaired) electrons. The summed E-state index contributed by atoms with van der Waals surface area (Å²) in [6, 6.07) is 5.70. The van der Waals surface area contributed by atoms with E-state index in [1.807, 2.05) is 0 Å². The smallest absolute Gasteiger partial charge is 0.308 e. The van der Waals surface area contributed by atoms with Crippen LogP contribution in [0.5, 0.6) is 0 Å². The van der Waals surface area contributed by atoms with Crippen molar-refractivity contribution in [2.24, 2.45) is 5.16 Å². The predicted octanol–water partition coefficient (Wildman–Crippen LogP) is 2.77. The Morgan fingerprint density at radius 2 is 1.86 bits per heavy atom. The predicted molar refractivity (Wildman–Crippen MR) is 100.0 cm³/mol. The van der Waals surface area contributed by atoms with E-state index in [0.717, 1.165) is 38.5 Å². The lowest BCUT2D eigenvalue weighted by Gasteiger charge is -2.26. The van der Waals surface area contributed by atoms with Gasteiger partial charge in [-0.25, -0.2) is 0 Å². The Bertz CT molecular complexity index is 783. The molecule has 1 atom stereocenters. The standard InChI is InChI=1S/C19H23N3O6/c23-17(24)12-19(18(25)20-14-5-3-1-2-4-6-14)11-16(21-28-19)13-7-9-15(10-8-13)22(26)27/h7-10,14H,1-6,11-12H2,(H,20,25)(H,23,24)/t19-/m1/s1. The molecule has 3 rings (SSSR count). The Balaban J connectivity index is 1.74. The summed E-state index contributed by atoms with van der Waals surface area (Å²) in [5.41, 5.74) is -0.714. The summed E-state index contributed by atoms with van der Waals surface area (Å²) >= 11 is 0. The molecule has 1 amide bonds. The highest BCUT2D eigenvalue weighted by molar-refractivity contribution is 6.06. The number of carbonyl (C=O) groups is 2. The minimum atomic E-state index is -1.60. The maximum atomic E-state index is 12.9. The first kappa shape index (κ1) is 19.8. The van der Waals surface area contributed by atoms with Crippen LogP contribution in [0.2, 0.25) is 0 Å². The molecule has 0 unspecified atom stereocenters. The highest BCUT2D eigenvalue weighted by atomic mass is 16.7. The maximum absolute atomic E-state index is 12.9. The number of hydrogen-bond acceptors (Lipinski definition) is 6. The van der Waals surface area contributed by atoms with E-state index in [9.17, 15) is 24.8 Å². The minimum Gasteiger partial charge on any atom is -0.481 e. The highest BCUT2D eigenvalue weighted by Crippen LogP contribution is 2.32. The maximum Gasteiger partial charge on any atom is 0.308 e. The van der Waals surface area contributed by atoms with Gasteiger partial charge < -0.3 is 15.3 Å². The van der Waals surface area contributed by atoms with Crippen molar-refractivity contribution in [3.63, 3.8) is 0 Å². The number of carboxylic acid groups (broad SMARTS) is 1. The molecule has 1 saturated carbocycles. The molecule has 28 heavy (non-hydrogen) atoms. The lowest BCUT2D eigenvalue weighted by Crippen LogP contribution is -2.51. The summed E-state index contributed by atoms with van der Waals surface area (Å²) in [6.07, 6.45) is 5.55. The second kappa shape index (κ2) is 8.37. The molecule has 0 aromatic heterocycles. The second-order valence-electron chi connectivity index (χ2n) is 7.34. The first-order valence-electron chi connectivity index (χ1n) is 9.42. The van der Waals surface area contributed by atoms with Crippen LogP contribution in [0, 0.1) is 10.1 Å². The van der Waals surface area contributed by atoms with Crippen molar-refractivity contribution in [2.45, 2.75) is 63.0 Å². The Labute approximate surface area is 161 Å². The number of carbonyl (C=O) groups excluding carboxylic acids is 1. The number of carboxylic acids is 1. The Morgan fingerprint density at radius 1 is 1.21 bits per heavy atom. The average molecular weight is 389 g/mol. The van der Waals surface area contributed by atoms with E-state index in [1.165, 1.54) is 24.3 Å². The van der Waals surface area contributed by atoms with Crippen molar-refractivity contribution in [3.8, 4) is 0 Å². The third-order valence-electron chi connectivity index (χ3n) is 5.24. The quantitative estimate of drug-likeness (QED) is 0.437. The zero-order valence-electron chi connectivity index (χ0n) is 15.4. The van der Waals surface area contributed by atoms with Crippen LogP contribution in [0.1, 0.15) is 56.9 Å². The van der Waals surface area contributed by atoms with Gasteiger partial charge in [-0.2, -0.15) is 0 Å². The normalized spacial score (nSPS) is 22.6. The number of hydrogen-bond donors (Lipinski definition) is 2. The van der Waals surface area contributed by atoms with Crippen LogP contribution in [-0.2, 0) is 14.4 Å².